The van der Waals surface area contributed by atoms with Gasteiger partial charge in [0.1, 0.15) is 0 Å². The molecule has 3 heteroatoms. The van der Waals surface area contributed by atoms with Crippen molar-refractivity contribution in [3.05, 3.63) is 17.0 Å². The fourth-order valence-electron chi connectivity index (χ4n) is 2.19. The van der Waals surface area contributed by atoms with E-state index < -0.39 is 0 Å². The number of aromatic nitrogens is 2. The topological polar surface area (TPSA) is 43.8 Å². The standard InChI is InChI=1S/C11H19N3/c1-8-11(6-7-12)9(2)14(13-8)10-4-3-5-10/h10H,3-7,12H2,1-2H3. The summed E-state index contributed by atoms with van der Waals surface area (Å²) < 4.78 is 2.21. The van der Waals surface area contributed by atoms with E-state index in [0.717, 1.165) is 13.0 Å². The van der Waals surface area contributed by atoms with E-state index in [2.05, 4.69) is 23.6 Å². The molecule has 14 heavy (non-hydrogen) atoms. The van der Waals surface area contributed by atoms with Crippen molar-refractivity contribution in [2.75, 3.05) is 6.54 Å². The zero-order chi connectivity index (χ0) is 10.1. The van der Waals surface area contributed by atoms with Crippen LogP contribution in [0, 0.1) is 13.8 Å². The van der Waals surface area contributed by atoms with Crippen LogP contribution in [0.4, 0.5) is 0 Å². The Morgan fingerprint density at radius 2 is 2.14 bits per heavy atom. The van der Waals surface area contributed by atoms with Gasteiger partial charge in [-0.15, -0.1) is 0 Å². The monoisotopic (exact) mass is 193 g/mol. The Hall–Kier alpha value is -0.830. The third-order valence-electron chi connectivity index (χ3n) is 3.29. The predicted molar refractivity (Wildman–Crippen MR) is 57.3 cm³/mol. The molecule has 1 fully saturated rings. The van der Waals surface area contributed by atoms with Gasteiger partial charge in [-0.05, 0) is 51.6 Å². The van der Waals surface area contributed by atoms with Gasteiger partial charge in [0, 0.05) is 5.69 Å². The van der Waals surface area contributed by atoms with Crippen molar-refractivity contribution < 1.29 is 0 Å². The SMILES string of the molecule is Cc1nn(C2CCC2)c(C)c1CCN. The fourth-order valence-corrected chi connectivity index (χ4v) is 2.19. The molecule has 0 unspecified atom stereocenters. The molecule has 78 valence electrons. The summed E-state index contributed by atoms with van der Waals surface area (Å²) in [5, 5.41) is 4.61. The molecule has 0 spiro atoms. The molecule has 0 amide bonds. The van der Waals surface area contributed by atoms with Gasteiger partial charge in [0.2, 0.25) is 0 Å². The van der Waals surface area contributed by atoms with E-state index >= 15 is 0 Å². The van der Waals surface area contributed by atoms with Crippen molar-refractivity contribution in [2.45, 2.75) is 45.6 Å². The molecule has 3 nitrogen and oxygen atoms in total. The number of hydrogen-bond acceptors (Lipinski definition) is 2. The van der Waals surface area contributed by atoms with Crippen molar-refractivity contribution in [2.24, 2.45) is 5.73 Å². The molecule has 1 aromatic rings. The second-order valence-electron chi connectivity index (χ2n) is 4.22. The van der Waals surface area contributed by atoms with E-state index in [1.165, 1.54) is 36.2 Å². The quantitative estimate of drug-likeness (QED) is 0.794. The first-order chi connectivity index (χ1) is 6.74. The van der Waals surface area contributed by atoms with Gasteiger partial charge in [0.15, 0.2) is 0 Å². The van der Waals surface area contributed by atoms with Crippen LogP contribution < -0.4 is 5.73 Å². The summed E-state index contributed by atoms with van der Waals surface area (Å²) in [7, 11) is 0. The maximum Gasteiger partial charge on any atom is 0.0629 e. The summed E-state index contributed by atoms with van der Waals surface area (Å²) in [6.07, 6.45) is 4.91. The molecule has 1 saturated carbocycles. The summed E-state index contributed by atoms with van der Waals surface area (Å²) in [6, 6.07) is 0.667. The predicted octanol–water partition coefficient (Wildman–Crippen LogP) is 1.73. The number of hydrogen-bond donors (Lipinski definition) is 1. The summed E-state index contributed by atoms with van der Waals surface area (Å²) >= 11 is 0. The van der Waals surface area contributed by atoms with Crippen LogP contribution in [-0.2, 0) is 6.42 Å². The normalized spacial score (nSPS) is 17.1. The Morgan fingerprint density at radius 3 is 2.64 bits per heavy atom. The summed E-state index contributed by atoms with van der Waals surface area (Å²) in [6.45, 7) is 4.98. The Labute approximate surface area is 85.3 Å². The number of nitrogens with two attached hydrogens (primary N) is 1. The van der Waals surface area contributed by atoms with E-state index in [0.29, 0.717) is 6.04 Å². The lowest BCUT2D eigenvalue weighted by molar-refractivity contribution is 0.284. The van der Waals surface area contributed by atoms with E-state index in [9.17, 15) is 0 Å². The highest BCUT2D eigenvalue weighted by molar-refractivity contribution is 5.25. The molecular formula is C11H19N3. The molecular weight excluding hydrogens is 174 g/mol. The van der Waals surface area contributed by atoms with Crippen molar-refractivity contribution in [1.82, 2.24) is 9.78 Å². The first kappa shape index (κ1) is 9.71. The Kier molecular flexibility index (Phi) is 2.59. The van der Waals surface area contributed by atoms with E-state index in [4.69, 9.17) is 5.73 Å². The highest BCUT2D eigenvalue weighted by Crippen LogP contribution is 2.33. The van der Waals surface area contributed by atoms with Crippen molar-refractivity contribution in [3.8, 4) is 0 Å². The first-order valence-corrected chi connectivity index (χ1v) is 5.48. The summed E-state index contributed by atoms with van der Waals surface area (Å²) in [4.78, 5) is 0. The molecule has 1 heterocycles. The molecule has 0 atom stereocenters. The molecule has 0 aromatic carbocycles. The third kappa shape index (κ3) is 1.46. The molecule has 2 rings (SSSR count). The largest absolute Gasteiger partial charge is 0.330 e. The molecule has 0 bridgehead atoms. The van der Waals surface area contributed by atoms with Gasteiger partial charge in [-0.2, -0.15) is 5.10 Å². The molecule has 0 aliphatic heterocycles. The van der Waals surface area contributed by atoms with Gasteiger partial charge >= 0.3 is 0 Å². The fraction of sp³-hybridized carbons (Fsp3) is 0.727. The average Bonchev–Trinajstić information content (AvgIpc) is 2.31. The lowest BCUT2D eigenvalue weighted by Gasteiger charge is -2.27. The highest BCUT2D eigenvalue weighted by atomic mass is 15.3. The second kappa shape index (κ2) is 3.73. The van der Waals surface area contributed by atoms with E-state index in [1.54, 1.807) is 0 Å². The van der Waals surface area contributed by atoms with Crippen LogP contribution in [0.5, 0.6) is 0 Å². The van der Waals surface area contributed by atoms with Crippen LogP contribution in [-0.4, -0.2) is 16.3 Å². The smallest absolute Gasteiger partial charge is 0.0629 e. The van der Waals surface area contributed by atoms with Crippen molar-refractivity contribution in [1.29, 1.82) is 0 Å². The van der Waals surface area contributed by atoms with E-state index in [1.807, 2.05) is 0 Å². The van der Waals surface area contributed by atoms with Crippen molar-refractivity contribution in [3.63, 3.8) is 0 Å². The summed E-state index contributed by atoms with van der Waals surface area (Å²) in [5.41, 5.74) is 9.45. The van der Waals surface area contributed by atoms with Crippen molar-refractivity contribution >= 4 is 0 Å². The van der Waals surface area contributed by atoms with Gasteiger partial charge in [0.05, 0.1) is 11.7 Å². The van der Waals surface area contributed by atoms with E-state index in [-0.39, 0.29) is 0 Å². The minimum absolute atomic E-state index is 0.667. The Morgan fingerprint density at radius 1 is 1.43 bits per heavy atom. The third-order valence-corrected chi connectivity index (χ3v) is 3.29. The van der Waals surface area contributed by atoms with Crippen LogP contribution in [0.1, 0.15) is 42.3 Å². The number of rotatable bonds is 3. The second-order valence-corrected chi connectivity index (χ2v) is 4.22. The lowest BCUT2D eigenvalue weighted by Crippen LogP contribution is -2.19. The molecule has 1 aromatic heterocycles. The van der Waals surface area contributed by atoms with Gasteiger partial charge < -0.3 is 5.73 Å². The van der Waals surface area contributed by atoms with Crippen LogP contribution in [0.15, 0.2) is 0 Å². The average molecular weight is 193 g/mol. The van der Waals surface area contributed by atoms with Crippen LogP contribution in [0.25, 0.3) is 0 Å². The molecule has 1 aliphatic rings. The van der Waals surface area contributed by atoms with Gasteiger partial charge in [-0.3, -0.25) is 4.68 Å². The summed E-state index contributed by atoms with van der Waals surface area (Å²) in [5.74, 6) is 0. The molecule has 1 aliphatic carbocycles. The highest BCUT2D eigenvalue weighted by Gasteiger charge is 2.23. The Balaban J connectivity index is 2.28. The number of nitrogens with zero attached hydrogens (tertiary/aromatic N) is 2. The molecule has 0 radical (unpaired) electrons. The molecule has 0 saturated heterocycles. The minimum atomic E-state index is 0.667. The number of aryl methyl sites for hydroxylation is 1. The van der Waals surface area contributed by atoms with Gasteiger partial charge in [-0.25, -0.2) is 0 Å². The molecule has 2 N–H and O–H groups in total. The maximum atomic E-state index is 5.59. The lowest BCUT2D eigenvalue weighted by atomic mass is 9.93. The van der Waals surface area contributed by atoms with Crippen LogP contribution >= 0.6 is 0 Å². The zero-order valence-corrected chi connectivity index (χ0v) is 9.08. The zero-order valence-electron chi connectivity index (χ0n) is 9.08. The van der Waals surface area contributed by atoms with Gasteiger partial charge in [0.25, 0.3) is 0 Å². The van der Waals surface area contributed by atoms with Crippen LogP contribution in [0.2, 0.25) is 0 Å². The maximum absolute atomic E-state index is 5.59. The van der Waals surface area contributed by atoms with Crippen LogP contribution in [0.3, 0.4) is 0 Å². The minimum Gasteiger partial charge on any atom is -0.330 e. The Bertz CT molecular complexity index is 324. The van der Waals surface area contributed by atoms with Gasteiger partial charge in [-0.1, -0.05) is 0 Å². The first-order valence-electron chi connectivity index (χ1n) is 5.48.